The predicted octanol–water partition coefficient (Wildman–Crippen LogP) is 2.49. The minimum Gasteiger partial charge on any atom is -0.445 e. The van der Waals surface area contributed by atoms with Crippen molar-refractivity contribution in [3.63, 3.8) is 0 Å². The van der Waals surface area contributed by atoms with Crippen LogP contribution >= 0.6 is 11.8 Å². The van der Waals surface area contributed by atoms with Crippen molar-refractivity contribution in [1.82, 2.24) is 4.98 Å². The van der Waals surface area contributed by atoms with Gasteiger partial charge in [0.25, 0.3) is 0 Å². The second kappa shape index (κ2) is 5.53. The van der Waals surface area contributed by atoms with Crippen LogP contribution in [0.25, 0.3) is 0 Å². The normalized spacial score (nSPS) is 20.9. The molecular weight excluding hydrogens is 222 g/mol. The van der Waals surface area contributed by atoms with Crippen molar-refractivity contribution in [2.24, 2.45) is 5.92 Å². The smallest absolute Gasteiger partial charge is 0.194 e. The Labute approximate surface area is 100 Å². The highest BCUT2D eigenvalue weighted by Crippen LogP contribution is 2.25. The van der Waals surface area contributed by atoms with E-state index in [2.05, 4.69) is 4.98 Å². The number of carbonyl (C=O) groups excluding carboxylic acids is 1. The summed E-state index contributed by atoms with van der Waals surface area (Å²) in [6.45, 7) is 1.57. The molecule has 1 unspecified atom stereocenters. The molecule has 1 saturated heterocycles. The minimum absolute atomic E-state index is 0.121. The lowest BCUT2D eigenvalue weighted by atomic mass is 10.0. The van der Waals surface area contributed by atoms with Gasteiger partial charge in [-0.15, -0.1) is 0 Å². The molecule has 0 spiro atoms. The van der Waals surface area contributed by atoms with Crippen LogP contribution in [0.3, 0.4) is 0 Å². The summed E-state index contributed by atoms with van der Waals surface area (Å²) in [7, 11) is 0. The number of thioether (sulfide) groups is 1. The van der Waals surface area contributed by atoms with Gasteiger partial charge in [0.2, 0.25) is 0 Å². The summed E-state index contributed by atoms with van der Waals surface area (Å²) in [5.74, 6) is 4.82. The van der Waals surface area contributed by atoms with Crippen LogP contribution in [-0.4, -0.2) is 22.3 Å². The van der Waals surface area contributed by atoms with Crippen LogP contribution in [-0.2, 0) is 17.6 Å². The summed E-state index contributed by atoms with van der Waals surface area (Å²) in [4.78, 5) is 15.2. The lowest BCUT2D eigenvalue weighted by Crippen LogP contribution is -2.13. The van der Waals surface area contributed by atoms with E-state index in [-0.39, 0.29) is 5.78 Å². The highest BCUT2D eigenvalue weighted by molar-refractivity contribution is 7.99. The first kappa shape index (κ1) is 11.7. The predicted molar refractivity (Wildman–Crippen MR) is 64.6 cm³/mol. The second-order valence-corrected chi connectivity index (χ2v) is 5.54. The zero-order chi connectivity index (χ0) is 11.4. The van der Waals surface area contributed by atoms with Gasteiger partial charge < -0.3 is 4.42 Å². The van der Waals surface area contributed by atoms with Gasteiger partial charge in [0, 0.05) is 6.42 Å². The first-order valence-corrected chi connectivity index (χ1v) is 6.90. The monoisotopic (exact) mass is 239 g/mol. The first-order chi connectivity index (χ1) is 7.74. The van der Waals surface area contributed by atoms with E-state index in [0.29, 0.717) is 18.1 Å². The Hall–Kier alpha value is -0.770. The van der Waals surface area contributed by atoms with Gasteiger partial charge in [-0.2, -0.15) is 11.8 Å². The molecule has 2 heterocycles. The Morgan fingerprint density at radius 2 is 2.56 bits per heavy atom. The molecule has 4 heteroatoms. The Morgan fingerprint density at radius 1 is 1.69 bits per heavy atom. The molecule has 16 heavy (non-hydrogen) atoms. The maximum absolute atomic E-state index is 10.9. The van der Waals surface area contributed by atoms with Crippen LogP contribution in [0.1, 0.15) is 31.4 Å². The van der Waals surface area contributed by atoms with E-state index in [1.165, 1.54) is 24.3 Å². The van der Waals surface area contributed by atoms with Gasteiger partial charge in [-0.1, -0.05) is 0 Å². The van der Waals surface area contributed by atoms with E-state index in [4.69, 9.17) is 4.42 Å². The van der Waals surface area contributed by atoms with Crippen LogP contribution in [0.5, 0.6) is 0 Å². The van der Waals surface area contributed by atoms with Crippen molar-refractivity contribution < 1.29 is 9.21 Å². The highest BCUT2D eigenvalue weighted by atomic mass is 32.2. The number of rotatable bonds is 4. The number of hydrogen-bond acceptors (Lipinski definition) is 4. The Bertz CT molecular complexity index is 356. The van der Waals surface area contributed by atoms with Gasteiger partial charge in [-0.3, -0.25) is 4.79 Å². The Balaban J connectivity index is 1.88. The number of oxazole rings is 1. The van der Waals surface area contributed by atoms with E-state index in [1.807, 2.05) is 11.8 Å². The summed E-state index contributed by atoms with van der Waals surface area (Å²) in [6, 6.07) is 0. The van der Waals surface area contributed by atoms with Gasteiger partial charge in [0.05, 0.1) is 12.6 Å². The van der Waals surface area contributed by atoms with Crippen molar-refractivity contribution in [1.29, 1.82) is 0 Å². The zero-order valence-electron chi connectivity index (χ0n) is 9.57. The summed E-state index contributed by atoms with van der Waals surface area (Å²) in [5, 5.41) is 0. The molecule has 3 nitrogen and oxygen atoms in total. The quantitative estimate of drug-likeness (QED) is 0.809. The molecule has 1 fully saturated rings. The van der Waals surface area contributed by atoms with Crippen molar-refractivity contribution in [3.05, 3.63) is 17.8 Å². The number of ketones is 1. The van der Waals surface area contributed by atoms with E-state index in [9.17, 15) is 4.79 Å². The molecule has 0 aliphatic carbocycles. The maximum atomic E-state index is 10.9. The molecule has 0 radical (unpaired) electrons. The van der Waals surface area contributed by atoms with Crippen molar-refractivity contribution in [2.45, 2.75) is 32.6 Å². The van der Waals surface area contributed by atoms with Crippen molar-refractivity contribution in [3.8, 4) is 0 Å². The van der Waals surface area contributed by atoms with Crippen molar-refractivity contribution >= 4 is 17.5 Å². The Morgan fingerprint density at radius 3 is 3.25 bits per heavy atom. The molecule has 0 bridgehead atoms. The Kier molecular flexibility index (Phi) is 4.04. The molecule has 1 aromatic rings. The van der Waals surface area contributed by atoms with Crippen LogP contribution < -0.4 is 0 Å². The van der Waals surface area contributed by atoms with E-state index < -0.39 is 0 Å². The fourth-order valence-electron chi connectivity index (χ4n) is 1.98. The van der Waals surface area contributed by atoms with Gasteiger partial charge in [0.1, 0.15) is 11.5 Å². The molecule has 88 valence electrons. The molecule has 0 amide bonds. The summed E-state index contributed by atoms with van der Waals surface area (Å²) >= 11 is 2.02. The molecular formula is C12H17NO2S. The zero-order valence-corrected chi connectivity index (χ0v) is 10.4. The third-order valence-corrected chi connectivity index (χ3v) is 4.03. The van der Waals surface area contributed by atoms with Gasteiger partial charge in [-0.05, 0) is 37.2 Å². The lowest BCUT2D eigenvalue weighted by molar-refractivity contribution is -0.116. The third-order valence-electron chi connectivity index (χ3n) is 2.74. The SMILES string of the molecule is CC(=O)Cc1cnc(CC2CCCSC2)o1. The summed E-state index contributed by atoms with van der Waals surface area (Å²) in [6.07, 6.45) is 5.55. The highest BCUT2D eigenvalue weighted by Gasteiger charge is 2.17. The van der Waals surface area contributed by atoms with Crippen LogP contribution in [0, 0.1) is 5.92 Å². The van der Waals surface area contributed by atoms with Gasteiger partial charge in [0.15, 0.2) is 5.89 Å². The van der Waals surface area contributed by atoms with E-state index in [1.54, 1.807) is 13.1 Å². The fourth-order valence-corrected chi connectivity index (χ4v) is 3.14. The lowest BCUT2D eigenvalue weighted by Gasteiger charge is -2.19. The average Bonchev–Trinajstić information content (AvgIpc) is 2.66. The molecule has 1 aliphatic rings. The second-order valence-electron chi connectivity index (χ2n) is 4.39. The van der Waals surface area contributed by atoms with Gasteiger partial charge >= 0.3 is 0 Å². The maximum Gasteiger partial charge on any atom is 0.194 e. The van der Waals surface area contributed by atoms with Crippen LogP contribution in [0.4, 0.5) is 0 Å². The number of carbonyl (C=O) groups is 1. The number of aromatic nitrogens is 1. The summed E-state index contributed by atoms with van der Waals surface area (Å²) < 4.78 is 5.56. The molecule has 0 aromatic carbocycles. The topological polar surface area (TPSA) is 43.1 Å². The van der Waals surface area contributed by atoms with Crippen LogP contribution in [0.2, 0.25) is 0 Å². The number of nitrogens with zero attached hydrogens (tertiary/aromatic N) is 1. The van der Waals surface area contributed by atoms with E-state index >= 15 is 0 Å². The molecule has 1 aliphatic heterocycles. The van der Waals surface area contributed by atoms with E-state index in [0.717, 1.165) is 12.3 Å². The molecule has 2 rings (SSSR count). The summed E-state index contributed by atoms with van der Waals surface area (Å²) in [5.41, 5.74) is 0. The largest absolute Gasteiger partial charge is 0.445 e. The minimum atomic E-state index is 0.121. The number of Topliss-reactive ketones (excluding diaryl/α,β-unsaturated/α-hetero) is 1. The average molecular weight is 239 g/mol. The third kappa shape index (κ3) is 3.37. The molecule has 1 atom stereocenters. The molecule has 1 aromatic heterocycles. The van der Waals surface area contributed by atoms with Gasteiger partial charge in [-0.25, -0.2) is 4.98 Å². The molecule has 0 saturated carbocycles. The fraction of sp³-hybridized carbons (Fsp3) is 0.667. The number of hydrogen-bond donors (Lipinski definition) is 0. The standard InChI is InChI=1S/C12H17NO2S/c1-9(14)5-11-7-13-12(15-11)6-10-3-2-4-16-8-10/h7,10H,2-6,8H2,1H3. The molecule has 0 N–H and O–H groups in total. The first-order valence-electron chi connectivity index (χ1n) is 5.75. The van der Waals surface area contributed by atoms with Crippen molar-refractivity contribution in [2.75, 3.05) is 11.5 Å². The van der Waals surface area contributed by atoms with Crippen LogP contribution in [0.15, 0.2) is 10.6 Å².